The molecule has 0 aromatic rings. The number of ether oxygens (including phenoxy) is 2. The molecule has 0 saturated carbocycles. The Balaban J connectivity index is 1.99. The van der Waals surface area contributed by atoms with E-state index in [4.69, 9.17) is 9.47 Å². The van der Waals surface area contributed by atoms with E-state index < -0.39 is 0 Å². The van der Waals surface area contributed by atoms with Crippen LogP contribution in [-0.2, 0) is 14.3 Å². The summed E-state index contributed by atoms with van der Waals surface area (Å²) in [4.78, 5) is 13.9. The Morgan fingerprint density at radius 1 is 1.30 bits per heavy atom. The van der Waals surface area contributed by atoms with Crippen molar-refractivity contribution < 1.29 is 14.3 Å². The molecule has 6 nitrogen and oxygen atoms in total. The van der Waals surface area contributed by atoms with Gasteiger partial charge in [-0.2, -0.15) is 0 Å². The monoisotopic (exact) mass is 287 g/mol. The minimum Gasteiger partial charge on any atom is -0.383 e. The minimum absolute atomic E-state index is 0.0461. The van der Waals surface area contributed by atoms with Gasteiger partial charge in [-0.25, -0.2) is 0 Å². The number of carbonyl (C=O) groups excluding carboxylic acids is 1. The second kappa shape index (κ2) is 10.1. The summed E-state index contributed by atoms with van der Waals surface area (Å²) in [5, 5.41) is 5.95. The summed E-state index contributed by atoms with van der Waals surface area (Å²) >= 11 is 0. The second-order valence-corrected chi connectivity index (χ2v) is 5.39. The molecule has 1 saturated heterocycles. The van der Waals surface area contributed by atoms with Crippen molar-refractivity contribution in [2.24, 2.45) is 0 Å². The van der Waals surface area contributed by atoms with Gasteiger partial charge in [-0.3, -0.25) is 9.69 Å². The van der Waals surface area contributed by atoms with Crippen molar-refractivity contribution in [1.29, 1.82) is 0 Å². The Bertz CT molecular complexity index is 266. The van der Waals surface area contributed by atoms with E-state index in [0.717, 1.165) is 32.6 Å². The molecule has 0 bridgehead atoms. The third-order valence-electron chi connectivity index (χ3n) is 3.24. The van der Waals surface area contributed by atoms with Crippen LogP contribution in [0.15, 0.2) is 0 Å². The number of methoxy groups -OCH3 is 1. The maximum Gasteiger partial charge on any atom is 0.233 e. The van der Waals surface area contributed by atoms with E-state index >= 15 is 0 Å². The summed E-state index contributed by atoms with van der Waals surface area (Å²) < 4.78 is 10.6. The summed E-state index contributed by atoms with van der Waals surface area (Å²) in [5.41, 5.74) is 0. The molecule has 2 unspecified atom stereocenters. The van der Waals surface area contributed by atoms with Gasteiger partial charge in [0.1, 0.15) is 0 Å². The maximum absolute atomic E-state index is 11.5. The van der Waals surface area contributed by atoms with Crippen molar-refractivity contribution >= 4 is 5.91 Å². The molecule has 2 N–H and O–H groups in total. The molecule has 1 aliphatic heterocycles. The predicted octanol–water partition coefficient (Wildman–Crippen LogP) is -0.162. The number of hydrogen-bond donors (Lipinski definition) is 2. The van der Waals surface area contributed by atoms with Crippen molar-refractivity contribution in [1.82, 2.24) is 15.5 Å². The predicted molar refractivity (Wildman–Crippen MR) is 78.8 cm³/mol. The normalized spacial score (nSPS) is 23.8. The van der Waals surface area contributed by atoms with Crippen LogP contribution in [-0.4, -0.2) is 76.0 Å². The van der Waals surface area contributed by atoms with Gasteiger partial charge < -0.3 is 20.1 Å². The van der Waals surface area contributed by atoms with Gasteiger partial charge in [0.05, 0.1) is 25.4 Å². The zero-order chi connectivity index (χ0) is 14.8. The number of nitrogens with one attached hydrogen (secondary N) is 2. The van der Waals surface area contributed by atoms with E-state index in [9.17, 15) is 4.79 Å². The Hall–Kier alpha value is -0.690. The lowest BCUT2D eigenvalue weighted by Gasteiger charge is -2.35. The highest BCUT2D eigenvalue weighted by atomic mass is 16.5. The maximum atomic E-state index is 11.5. The first-order valence-electron chi connectivity index (χ1n) is 7.46. The average Bonchev–Trinajstić information content (AvgIpc) is 2.39. The van der Waals surface area contributed by atoms with E-state index in [1.807, 2.05) is 0 Å². The first-order chi connectivity index (χ1) is 9.61. The van der Waals surface area contributed by atoms with Crippen molar-refractivity contribution in [2.45, 2.75) is 32.5 Å². The SMILES string of the molecule is COCCNCC(=O)NCCCN1CC(C)OC(C)C1. The third kappa shape index (κ3) is 7.79. The number of rotatable bonds is 9. The van der Waals surface area contributed by atoms with E-state index in [1.54, 1.807) is 7.11 Å². The largest absolute Gasteiger partial charge is 0.383 e. The van der Waals surface area contributed by atoms with Gasteiger partial charge in [0, 0.05) is 39.8 Å². The molecule has 1 rings (SSSR count). The molecule has 0 aliphatic carbocycles. The molecule has 0 radical (unpaired) electrons. The Morgan fingerprint density at radius 3 is 2.65 bits per heavy atom. The molecule has 6 heteroatoms. The van der Waals surface area contributed by atoms with Gasteiger partial charge in [0.25, 0.3) is 0 Å². The molecular formula is C14H29N3O3. The second-order valence-electron chi connectivity index (χ2n) is 5.39. The number of hydrogen-bond acceptors (Lipinski definition) is 5. The lowest BCUT2D eigenvalue weighted by Crippen LogP contribution is -2.46. The van der Waals surface area contributed by atoms with Crippen LogP contribution in [0.1, 0.15) is 20.3 Å². The molecule has 118 valence electrons. The Labute approximate surface area is 122 Å². The lowest BCUT2D eigenvalue weighted by molar-refractivity contribution is -0.120. The molecule has 0 spiro atoms. The van der Waals surface area contributed by atoms with Crippen LogP contribution in [0.2, 0.25) is 0 Å². The standard InChI is InChI=1S/C14H29N3O3/c1-12-10-17(11-13(2)20-12)7-4-5-16-14(18)9-15-6-8-19-3/h12-13,15H,4-11H2,1-3H3,(H,16,18). The molecule has 0 aromatic carbocycles. The summed E-state index contributed by atoms with van der Waals surface area (Å²) in [6.45, 7) is 9.60. The highest BCUT2D eigenvalue weighted by Crippen LogP contribution is 2.10. The molecule has 1 fully saturated rings. The zero-order valence-electron chi connectivity index (χ0n) is 13.0. The molecule has 20 heavy (non-hydrogen) atoms. The summed E-state index contributed by atoms with van der Waals surface area (Å²) in [6, 6.07) is 0. The fourth-order valence-electron chi connectivity index (χ4n) is 2.44. The van der Waals surface area contributed by atoms with Crippen molar-refractivity contribution in [3.8, 4) is 0 Å². The van der Waals surface area contributed by atoms with Crippen LogP contribution in [0, 0.1) is 0 Å². The lowest BCUT2D eigenvalue weighted by atomic mass is 10.2. The Morgan fingerprint density at radius 2 is 2.00 bits per heavy atom. The fourth-order valence-corrected chi connectivity index (χ4v) is 2.44. The van der Waals surface area contributed by atoms with E-state index in [2.05, 4.69) is 29.4 Å². The zero-order valence-corrected chi connectivity index (χ0v) is 13.0. The smallest absolute Gasteiger partial charge is 0.233 e. The van der Waals surface area contributed by atoms with Crippen LogP contribution in [0.3, 0.4) is 0 Å². The quantitative estimate of drug-likeness (QED) is 0.577. The summed E-state index contributed by atoms with van der Waals surface area (Å²) in [6.07, 6.45) is 1.58. The van der Waals surface area contributed by atoms with Gasteiger partial charge in [0.15, 0.2) is 0 Å². The van der Waals surface area contributed by atoms with Gasteiger partial charge in [-0.05, 0) is 20.3 Å². The van der Waals surface area contributed by atoms with Crippen molar-refractivity contribution in [3.05, 3.63) is 0 Å². The number of morpholine rings is 1. The Kier molecular flexibility index (Phi) is 8.77. The van der Waals surface area contributed by atoms with Crippen LogP contribution in [0.5, 0.6) is 0 Å². The molecular weight excluding hydrogens is 258 g/mol. The molecule has 1 heterocycles. The minimum atomic E-state index is 0.0461. The van der Waals surface area contributed by atoms with Gasteiger partial charge in [-0.15, -0.1) is 0 Å². The van der Waals surface area contributed by atoms with Gasteiger partial charge in [-0.1, -0.05) is 0 Å². The van der Waals surface area contributed by atoms with Crippen molar-refractivity contribution in [2.75, 3.05) is 53.0 Å². The molecule has 0 aromatic heterocycles. The third-order valence-corrected chi connectivity index (χ3v) is 3.24. The first kappa shape index (κ1) is 17.4. The van der Waals surface area contributed by atoms with Crippen LogP contribution in [0.25, 0.3) is 0 Å². The highest BCUT2D eigenvalue weighted by Gasteiger charge is 2.21. The average molecular weight is 287 g/mol. The van der Waals surface area contributed by atoms with Crippen LogP contribution in [0.4, 0.5) is 0 Å². The summed E-state index contributed by atoms with van der Waals surface area (Å²) in [5.74, 6) is 0.0461. The summed E-state index contributed by atoms with van der Waals surface area (Å²) in [7, 11) is 1.65. The van der Waals surface area contributed by atoms with Crippen LogP contribution >= 0.6 is 0 Å². The van der Waals surface area contributed by atoms with E-state index in [1.165, 1.54) is 0 Å². The number of carbonyl (C=O) groups is 1. The first-order valence-corrected chi connectivity index (χ1v) is 7.46. The fraction of sp³-hybridized carbons (Fsp3) is 0.929. The van der Waals surface area contributed by atoms with E-state index in [0.29, 0.717) is 31.9 Å². The topological polar surface area (TPSA) is 62.8 Å². The van der Waals surface area contributed by atoms with Crippen molar-refractivity contribution in [3.63, 3.8) is 0 Å². The van der Waals surface area contributed by atoms with Gasteiger partial charge in [0.2, 0.25) is 5.91 Å². The van der Waals surface area contributed by atoms with Gasteiger partial charge >= 0.3 is 0 Å². The molecule has 1 aliphatic rings. The molecule has 1 amide bonds. The van der Waals surface area contributed by atoms with E-state index in [-0.39, 0.29) is 5.91 Å². The van der Waals surface area contributed by atoms with Crippen LogP contribution < -0.4 is 10.6 Å². The number of amides is 1. The molecule has 2 atom stereocenters. The number of nitrogens with zero attached hydrogens (tertiary/aromatic N) is 1. The highest BCUT2D eigenvalue weighted by molar-refractivity contribution is 5.77.